The molecule has 0 bridgehead atoms. The van der Waals surface area contributed by atoms with Crippen LogP contribution in [0.25, 0.3) is 0 Å². The fraction of sp³-hybridized carbons (Fsp3) is 0.708. The number of halogens is 6. The number of piperidine rings is 2. The zero-order valence-corrected chi connectivity index (χ0v) is 20.8. The third kappa shape index (κ3) is 11.1. The maximum absolute atomic E-state index is 10.6. The Balaban J connectivity index is 0.000000301. The van der Waals surface area contributed by atoms with Crippen LogP contribution < -0.4 is 0 Å². The number of nitrogens with zero attached hydrogens (tertiary/aromatic N) is 3. The molecule has 1 aromatic heterocycles. The average Bonchev–Trinajstić information content (AvgIpc) is 3.34. The van der Waals surface area contributed by atoms with Crippen molar-refractivity contribution < 1.29 is 50.9 Å². The van der Waals surface area contributed by atoms with E-state index >= 15 is 0 Å². The molecule has 8 nitrogen and oxygen atoms in total. The topological polar surface area (TPSA) is 103 Å². The maximum atomic E-state index is 10.6. The van der Waals surface area contributed by atoms with E-state index in [0.717, 1.165) is 19.7 Å². The summed E-state index contributed by atoms with van der Waals surface area (Å²) in [6.45, 7) is 8.17. The molecule has 0 amide bonds. The number of rotatable bonds is 4. The Kier molecular flexibility index (Phi) is 11.8. The molecular weight excluding hydrogens is 524 g/mol. The van der Waals surface area contributed by atoms with Crippen molar-refractivity contribution >= 4 is 11.9 Å². The van der Waals surface area contributed by atoms with Gasteiger partial charge in [-0.15, -0.1) is 0 Å². The van der Waals surface area contributed by atoms with Gasteiger partial charge in [0.15, 0.2) is 0 Å². The van der Waals surface area contributed by atoms with Crippen molar-refractivity contribution in [3.8, 4) is 0 Å². The van der Waals surface area contributed by atoms with E-state index in [9.17, 15) is 26.3 Å². The lowest BCUT2D eigenvalue weighted by atomic mass is 9.72. The van der Waals surface area contributed by atoms with Crippen LogP contribution in [0.3, 0.4) is 0 Å². The number of hydrogen-bond donors (Lipinski definition) is 2. The van der Waals surface area contributed by atoms with Gasteiger partial charge >= 0.3 is 24.3 Å². The summed E-state index contributed by atoms with van der Waals surface area (Å²) >= 11 is 0. The number of carboxylic acids is 2. The molecule has 1 unspecified atom stereocenters. The smallest absolute Gasteiger partial charge is 0.475 e. The second-order valence-electron chi connectivity index (χ2n) is 9.68. The second kappa shape index (κ2) is 14.1. The summed E-state index contributed by atoms with van der Waals surface area (Å²) in [6, 6.07) is 6.27. The first-order valence-corrected chi connectivity index (χ1v) is 12.3. The summed E-state index contributed by atoms with van der Waals surface area (Å²) < 4.78 is 69.3. The molecule has 3 aliphatic rings. The Hall–Kier alpha value is -2.45. The van der Waals surface area contributed by atoms with E-state index in [0.29, 0.717) is 11.5 Å². The number of likely N-dealkylation sites (tertiary alicyclic amines) is 2. The molecule has 0 radical (unpaired) electrons. The monoisotopic (exact) mass is 557 g/mol. The van der Waals surface area contributed by atoms with Gasteiger partial charge in [-0.1, -0.05) is 6.07 Å². The number of hydrogen-bond acceptors (Lipinski definition) is 6. The molecule has 1 atom stereocenters. The Morgan fingerprint density at radius 2 is 1.55 bits per heavy atom. The fourth-order valence-electron chi connectivity index (χ4n) is 4.86. The summed E-state index contributed by atoms with van der Waals surface area (Å²) in [5, 5.41) is 14.2. The van der Waals surface area contributed by atoms with Gasteiger partial charge in [-0.25, -0.2) is 9.59 Å². The molecule has 1 aromatic rings. The number of alkyl halides is 6. The maximum Gasteiger partial charge on any atom is 0.490 e. The van der Waals surface area contributed by atoms with Crippen molar-refractivity contribution in [2.75, 3.05) is 39.3 Å². The average molecular weight is 558 g/mol. The molecular formula is C24H33F6N3O5. The molecule has 0 saturated carbocycles. The minimum Gasteiger partial charge on any atom is -0.475 e. The normalized spacial score (nSPS) is 22.1. The molecule has 216 valence electrons. The number of aromatic nitrogens is 1. The first kappa shape index (κ1) is 31.8. The van der Waals surface area contributed by atoms with E-state index < -0.39 is 24.3 Å². The van der Waals surface area contributed by atoms with Gasteiger partial charge in [-0.05, 0) is 75.7 Å². The summed E-state index contributed by atoms with van der Waals surface area (Å²) in [6.07, 6.45) is 0.254. The standard InChI is InChI=1S/C20H31N3O.2C2HF3O2/c1-2-10-21-18(5-1)15-23-11-4-7-20(17-23)8-12-22(13-9-20)16-19-6-3-14-24-19;2*3-2(4,5)1(6)7/h1-2,5,10,19H,3-4,6-9,11-17H2;2*(H,6,7). The predicted octanol–water partition coefficient (Wildman–Crippen LogP) is 4.21. The van der Waals surface area contributed by atoms with Crippen molar-refractivity contribution in [2.45, 2.75) is 63.5 Å². The lowest BCUT2D eigenvalue weighted by Crippen LogP contribution is -2.50. The first-order valence-electron chi connectivity index (χ1n) is 12.3. The van der Waals surface area contributed by atoms with Crippen LogP contribution in [-0.2, 0) is 20.9 Å². The molecule has 14 heteroatoms. The Morgan fingerprint density at radius 1 is 0.947 bits per heavy atom. The lowest BCUT2D eigenvalue weighted by Gasteiger charge is -2.48. The molecule has 1 spiro atoms. The van der Waals surface area contributed by atoms with Gasteiger partial charge in [0, 0.05) is 32.4 Å². The van der Waals surface area contributed by atoms with Gasteiger partial charge in [0.25, 0.3) is 0 Å². The van der Waals surface area contributed by atoms with Crippen LogP contribution >= 0.6 is 0 Å². The minimum atomic E-state index is -5.08. The van der Waals surface area contributed by atoms with Gasteiger partial charge < -0.3 is 19.8 Å². The van der Waals surface area contributed by atoms with Crippen LogP contribution in [0.4, 0.5) is 26.3 Å². The van der Waals surface area contributed by atoms with Gasteiger partial charge in [-0.3, -0.25) is 9.88 Å². The number of aliphatic carboxylic acids is 2. The van der Waals surface area contributed by atoms with Crippen LogP contribution in [0.15, 0.2) is 24.4 Å². The SMILES string of the molecule is O=C(O)C(F)(F)F.O=C(O)C(F)(F)F.c1ccc(CN2CCCC3(CCN(CC4CCCO4)CC3)C2)nc1. The van der Waals surface area contributed by atoms with Crippen LogP contribution in [0.5, 0.6) is 0 Å². The van der Waals surface area contributed by atoms with Gasteiger partial charge in [-0.2, -0.15) is 26.3 Å². The molecule has 3 fully saturated rings. The third-order valence-electron chi connectivity index (χ3n) is 6.74. The molecule has 38 heavy (non-hydrogen) atoms. The molecule has 2 N–H and O–H groups in total. The zero-order valence-electron chi connectivity index (χ0n) is 20.8. The molecule has 0 aromatic carbocycles. The molecule has 0 aliphatic carbocycles. The third-order valence-corrected chi connectivity index (χ3v) is 6.74. The van der Waals surface area contributed by atoms with Crippen LogP contribution in [-0.4, -0.2) is 94.7 Å². The Bertz CT molecular complexity index is 847. The van der Waals surface area contributed by atoms with Crippen LogP contribution in [0.2, 0.25) is 0 Å². The highest BCUT2D eigenvalue weighted by atomic mass is 19.4. The Morgan fingerprint density at radius 3 is 2.03 bits per heavy atom. The van der Waals surface area contributed by atoms with E-state index in [-0.39, 0.29) is 0 Å². The molecule has 4 rings (SSSR count). The highest BCUT2D eigenvalue weighted by Gasteiger charge is 2.40. The summed E-state index contributed by atoms with van der Waals surface area (Å²) in [4.78, 5) is 27.6. The van der Waals surface area contributed by atoms with E-state index in [1.54, 1.807) is 0 Å². The number of pyridine rings is 1. The van der Waals surface area contributed by atoms with E-state index in [4.69, 9.17) is 24.5 Å². The minimum absolute atomic E-state index is 0.506. The largest absolute Gasteiger partial charge is 0.490 e. The highest BCUT2D eigenvalue weighted by molar-refractivity contribution is 5.73. The second-order valence-corrected chi connectivity index (χ2v) is 9.68. The van der Waals surface area contributed by atoms with Gasteiger partial charge in [0.1, 0.15) is 0 Å². The molecule has 3 saturated heterocycles. The Labute approximate surface area is 216 Å². The van der Waals surface area contributed by atoms with Crippen molar-refractivity contribution in [2.24, 2.45) is 5.41 Å². The van der Waals surface area contributed by atoms with E-state index in [1.165, 1.54) is 70.4 Å². The predicted molar refractivity (Wildman–Crippen MR) is 123 cm³/mol. The van der Waals surface area contributed by atoms with E-state index in [2.05, 4.69) is 26.9 Å². The zero-order chi connectivity index (χ0) is 28.4. The first-order chi connectivity index (χ1) is 17.7. The van der Waals surface area contributed by atoms with Crippen molar-refractivity contribution in [3.63, 3.8) is 0 Å². The van der Waals surface area contributed by atoms with Crippen LogP contribution in [0.1, 0.15) is 44.2 Å². The lowest BCUT2D eigenvalue weighted by molar-refractivity contribution is -0.193. The summed E-state index contributed by atoms with van der Waals surface area (Å²) in [5.41, 5.74) is 1.77. The van der Waals surface area contributed by atoms with Gasteiger partial charge in [0.05, 0.1) is 11.8 Å². The van der Waals surface area contributed by atoms with E-state index in [1.807, 2.05) is 12.3 Å². The summed E-state index contributed by atoms with van der Waals surface area (Å²) in [5.74, 6) is -5.51. The number of carboxylic acid groups (broad SMARTS) is 2. The van der Waals surface area contributed by atoms with Crippen molar-refractivity contribution in [1.29, 1.82) is 0 Å². The number of carbonyl (C=O) groups is 2. The van der Waals surface area contributed by atoms with Crippen molar-refractivity contribution in [3.05, 3.63) is 30.1 Å². The van der Waals surface area contributed by atoms with Crippen LogP contribution in [0, 0.1) is 5.41 Å². The van der Waals surface area contributed by atoms with Crippen molar-refractivity contribution in [1.82, 2.24) is 14.8 Å². The molecule has 3 aliphatic heterocycles. The fourth-order valence-corrected chi connectivity index (χ4v) is 4.86. The van der Waals surface area contributed by atoms with Gasteiger partial charge in [0.2, 0.25) is 0 Å². The number of ether oxygens (including phenoxy) is 1. The highest BCUT2D eigenvalue weighted by Crippen LogP contribution is 2.40. The summed E-state index contributed by atoms with van der Waals surface area (Å²) in [7, 11) is 0. The molecule has 4 heterocycles. The quantitative estimate of drug-likeness (QED) is 0.531.